The molecule has 4 saturated heterocycles. The minimum absolute atomic E-state index is 0.0313. The van der Waals surface area contributed by atoms with Crippen LogP contribution in [0.5, 0.6) is 0 Å². The predicted molar refractivity (Wildman–Crippen MR) is 332 cm³/mol. The van der Waals surface area contributed by atoms with Crippen molar-refractivity contribution in [2.24, 2.45) is 116 Å². The Kier molecular flexibility index (Phi) is 20.1. The molecule has 13 fully saturated rings. The lowest BCUT2D eigenvalue weighted by molar-refractivity contribution is -0.176. The van der Waals surface area contributed by atoms with Gasteiger partial charge in [-0.05, 0) is 160 Å². The van der Waals surface area contributed by atoms with Crippen LogP contribution in [0.2, 0.25) is 0 Å². The van der Waals surface area contributed by atoms with Gasteiger partial charge in [0.15, 0.2) is 0 Å². The molecule has 9 aliphatic carbocycles. The first kappa shape index (κ1) is 72.4. The molecule has 13 aliphatic rings. The Morgan fingerprint density at radius 1 is 0.375 bits per heavy atom. The third-order valence-corrected chi connectivity index (χ3v) is 24.5. The Hall–Kier alpha value is -6.36. The molecule has 8 bridgehead atoms. The third kappa shape index (κ3) is 12.8. The fourth-order valence-corrected chi connectivity index (χ4v) is 17.6. The summed E-state index contributed by atoms with van der Waals surface area (Å²) < 4.78 is 66.0. The van der Waals surface area contributed by atoms with Crippen LogP contribution in [0.25, 0.3) is 0 Å². The second-order valence-corrected chi connectivity index (χ2v) is 32.6. The van der Waals surface area contributed by atoms with Crippen molar-refractivity contribution in [1.29, 1.82) is 0 Å². The lowest BCUT2D eigenvalue weighted by Gasteiger charge is -2.33. The van der Waals surface area contributed by atoms with Crippen molar-refractivity contribution in [3.63, 3.8) is 0 Å². The van der Waals surface area contributed by atoms with E-state index in [1.54, 1.807) is 27.7 Å². The highest BCUT2D eigenvalue weighted by molar-refractivity contribution is 5.90. The van der Waals surface area contributed by atoms with Gasteiger partial charge in [-0.2, -0.15) is 0 Å². The van der Waals surface area contributed by atoms with Crippen LogP contribution >= 0.6 is 0 Å². The van der Waals surface area contributed by atoms with Gasteiger partial charge in [0.2, 0.25) is 0 Å². The highest BCUT2D eigenvalue weighted by atomic mass is 16.6. The highest BCUT2D eigenvalue weighted by Crippen LogP contribution is 2.63. The molecule has 24 heteroatoms. The van der Waals surface area contributed by atoms with Crippen molar-refractivity contribution >= 4 is 71.6 Å². The molecule has 24 nitrogen and oxygen atoms in total. The van der Waals surface area contributed by atoms with Crippen molar-refractivity contribution in [2.45, 2.75) is 248 Å². The lowest BCUT2D eigenvalue weighted by atomic mass is 9.78. The van der Waals surface area contributed by atoms with E-state index in [2.05, 4.69) is 0 Å². The molecule has 24 unspecified atom stereocenters. The summed E-state index contributed by atoms with van der Waals surface area (Å²) in [6, 6.07) is 0. The highest BCUT2D eigenvalue weighted by Gasteiger charge is 2.74. The smallest absolute Gasteiger partial charge is 0.311 e. The van der Waals surface area contributed by atoms with Gasteiger partial charge in [0, 0.05) is 47.3 Å². The van der Waals surface area contributed by atoms with Crippen LogP contribution in [0.15, 0.2) is 0 Å². The quantitative estimate of drug-likeness (QED) is 0.0923. The number of carbonyl (C=O) groups excluding carboxylic acids is 12. The summed E-state index contributed by atoms with van der Waals surface area (Å²) in [5, 5.41) is 0. The van der Waals surface area contributed by atoms with Crippen LogP contribution in [0.4, 0.5) is 0 Å². The van der Waals surface area contributed by atoms with E-state index in [0.717, 1.165) is 25.7 Å². The van der Waals surface area contributed by atoms with E-state index in [0.29, 0.717) is 51.4 Å². The maximum Gasteiger partial charge on any atom is 0.311 e. The van der Waals surface area contributed by atoms with Crippen molar-refractivity contribution in [2.75, 3.05) is 13.7 Å². The molecule has 0 spiro atoms. The molecule has 13 rings (SSSR count). The predicted octanol–water partition coefficient (Wildman–Crippen LogP) is 8.13. The first-order valence-corrected chi connectivity index (χ1v) is 35.3. The molecular formula is C72H102O24. The zero-order valence-corrected chi connectivity index (χ0v) is 58.9. The van der Waals surface area contributed by atoms with Crippen LogP contribution in [-0.4, -0.2) is 146 Å². The van der Waals surface area contributed by atoms with Gasteiger partial charge in [0.25, 0.3) is 0 Å². The summed E-state index contributed by atoms with van der Waals surface area (Å²) >= 11 is 0. The SMILES string of the molecule is CCC(C)(C)C(=O)OC1C2CC3C1OC(=O)C3C2C(=O)OC.CCC(C)(C)C(=O)OC1C2CC3C1OC(=O)C3C2C(=O)OC(C)(C)C.CCC(C)(C)C(=O)OC1C2CC3C1OC(=O)C3C2C(=O)OC1CCCC1.CCOC(=O)C1C2CC3C(OC(=O)C31)C2OC(=O)C(C)(C)CC. The summed E-state index contributed by atoms with van der Waals surface area (Å²) in [5.74, 6) is -8.98. The summed E-state index contributed by atoms with van der Waals surface area (Å²) in [6.07, 6.45) is 5.47. The topological polar surface area (TPSA) is 316 Å². The molecule has 9 saturated carbocycles. The average Bonchev–Trinajstić information content (AvgIpc) is 1.58. The fraction of sp³-hybridized carbons (Fsp3) is 0.833. The number of carbonyl (C=O) groups is 12. The largest absolute Gasteiger partial charge is 0.469 e. The minimum atomic E-state index is -0.628. The third-order valence-electron chi connectivity index (χ3n) is 24.5. The molecule has 4 heterocycles. The summed E-state index contributed by atoms with van der Waals surface area (Å²) in [6.45, 7) is 29.8. The molecule has 4 aliphatic heterocycles. The zero-order valence-electron chi connectivity index (χ0n) is 58.9. The number of ether oxygens (including phenoxy) is 12. The summed E-state index contributed by atoms with van der Waals surface area (Å²) in [4.78, 5) is 149. The van der Waals surface area contributed by atoms with Crippen LogP contribution in [0.1, 0.15) is 188 Å². The van der Waals surface area contributed by atoms with E-state index >= 15 is 0 Å². The van der Waals surface area contributed by atoms with Gasteiger partial charge in [-0.1, -0.05) is 27.7 Å². The van der Waals surface area contributed by atoms with Gasteiger partial charge >= 0.3 is 71.6 Å². The first-order chi connectivity index (χ1) is 44.9. The van der Waals surface area contributed by atoms with Crippen LogP contribution in [-0.2, 0) is 114 Å². The van der Waals surface area contributed by atoms with Crippen LogP contribution in [0.3, 0.4) is 0 Å². The molecule has 534 valence electrons. The molecule has 24 atom stereocenters. The summed E-state index contributed by atoms with van der Waals surface area (Å²) in [5.41, 5.74) is -3.01. The Bertz CT molecular complexity index is 3090. The van der Waals surface area contributed by atoms with E-state index in [1.165, 1.54) is 7.11 Å². The number of fused-ring (bicyclic) bond motifs is 4. The fourth-order valence-electron chi connectivity index (χ4n) is 17.6. The molecule has 96 heavy (non-hydrogen) atoms. The van der Waals surface area contributed by atoms with E-state index in [9.17, 15) is 57.5 Å². The molecule has 0 amide bonds. The van der Waals surface area contributed by atoms with Crippen LogP contribution < -0.4 is 0 Å². The zero-order chi connectivity index (χ0) is 70.5. The Morgan fingerprint density at radius 2 is 0.646 bits per heavy atom. The van der Waals surface area contributed by atoms with E-state index in [-0.39, 0.29) is 120 Å². The molecular weight excluding hydrogens is 1250 g/mol. The lowest BCUT2D eigenvalue weighted by Crippen LogP contribution is -2.46. The molecule has 0 aromatic rings. The van der Waals surface area contributed by atoms with E-state index in [1.807, 2.05) is 83.1 Å². The van der Waals surface area contributed by atoms with Gasteiger partial charge in [-0.15, -0.1) is 0 Å². The average molecular weight is 1350 g/mol. The second kappa shape index (κ2) is 26.7. The monoisotopic (exact) mass is 1350 g/mol. The normalized spacial score (nSPS) is 37.8. The van der Waals surface area contributed by atoms with Crippen LogP contribution in [0, 0.1) is 116 Å². The molecule has 0 N–H and O–H groups in total. The van der Waals surface area contributed by atoms with Crippen molar-refractivity contribution in [1.82, 2.24) is 0 Å². The van der Waals surface area contributed by atoms with Gasteiger partial charge in [0.05, 0.1) is 82.7 Å². The number of methoxy groups -OCH3 is 1. The Morgan fingerprint density at radius 3 is 0.906 bits per heavy atom. The van der Waals surface area contributed by atoms with Gasteiger partial charge < -0.3 is 56.8 Å². The molecule has 0 aromatic carbocycles. The Labute approximate surface area is 562 Å². The number of esters is 12. The van der Waals surface area contributed by atoms with E-state index < -0.39 is 135 Å². The van der Waals surface area contributed by atoms with Gasteiger partial charge in [0.1, 0.15) is 60.5 Å². The molecule has 0 aromatic heterocycles. The second-order valence-electron chi connectivity index (χ2n) is 32.6. The van der Waals surface area contributed by atoms with Gasteiger partial charge in [-0.25, -0.2) is 0 Å². The number of hydrogen-bond acceptors (Lipinski definition) is 24. The van der Waals surface area contributed by atoms with E-state index in [4.69, 9.17) is 56.8 Å². The molecule has 0 radical (unpaired) electrons. The maximum absolute atomic E-state index is 12.8. The number of rotatable bonds is 18. The number of hydrogen-bond donors (Lipinski definition) is 0. The first-order valence-electron chi connectivity index (χ1n) is 35.3. The summed E-state index contributed by atoms with van der Waals surface area (Å²) in [7, 11) is 1.31. The van der Waals surface area contributed by atoms with Crippen molar-refractivity contribution < 1.29 is 114 Å². The van der Waals surface area contributed by atoms with Crippen molar-refractivity contribution in [3.8, 4) is 0 Å². The standard InChI is InChI=1S/C20H28O6.C19H28O6.C17H24O6.C16H22O6/c1-4-20(2,3)19(23)26-16-12-9-11-14(18(22)25-15(11)16)13(12)17(21)24-10-7-5-6-8-10;1-7-19(5,6)17(22)24-14-10-8-9-11(15(20)23-13(9)14)12(10)16(21)25-18(2,3)4;1-5-17(3,4)16(20)23-13-8-7-9-11(15(19)22-12(9)13)10(8)14(18)21-6-2;1-5-16(2,3)15(19)22-12-7-6-8-10(9(7)13(17)20-4)14(18)21-11(8)12/h10-16H,4-9H2,1-3H3;9-14H,7-8H2,1-6H3;8-13H,5-7H2,1-4H3;7-12H,5-6H2,1-4H3. The maximum atomic E-state index is 12.8. The van der Waals surface area contributed by atoms with Crippen molar-refractivity contribution in [3.05, 3.63) is 0 Å². The minimum Gasteiger partial charge on any atom is -0.469 e. The van der Waals surface area contributed by atoms with Gasteiger partial charge in [-0.3, -0.25) is 57.5 Å². The Balaban J connectivity index is 0.000000139.